The summed E-state index contributed by atoms with van der Waals surface area (Å²) in [6.07, 6.45) is 16.7. The lowest BCUT2D eigenvalue weighted by molar-refractivity contribution is -0.141. The fourth-order valence-corrected chi connectivity index (χ4v) is 10.9. The number of carbonyl (C=O) groups excluding carboxylic acids is 4. The van der Waals surface area contributed by atoms with Crippen LogP contribution in [0.25, 0.3) is 0 Å². The third-order valence-corrected chi connectivity index (χ3v) is 14.0. The first-order chi connectivity index (χ1) is 24.8. The van der Waals surface area contributed by atoms with Crippen LogP contribution >= 0.6 is 0 Å². The van der Waals surface area contributed by atoms with Crippen LogP contribution in [-0.2, 0) is 19.2 Å². The van der Waals surface area contributed by atoms with Gasteiger partial charge < -0.3 is 21.3 Å². The van der Waals surface area contributed by atoms with Crippen LogP contribution in [0.2, 0.25) is 0 Å². The van der Waals surface area contributed by atoms with Crippen LogP contribution in [0, 0.1) is 59.2 Å². The van der Waals surface area contributed by atoms with Gasteiger partial charge in [0.05, 0.1) is 11.8 Å². The molecule has 0 spiro atoms. The van der Waals surface area contributed by atoms with Crippen LogP contribution in [0.3, 0.4) is 0 Å². The van der Waals surface area contributed by atoms with Crippen molar-refractivity contribution in [1.29, 1.82) is 0 Å². The van der Waals surface area contributed by atoms with Gasteiger partial charge in [-0.05, 0) is 98.7 Å². The predicted octanol–water partition coefficient (Wildman–Crippen LogP) is 8.32. The van der Waals surface area contributed by atoms with E-state index in [1.807, 2.05) is 0 Å². The van der Waals surface area contributed by atoms with E-state index in [-0.39, 0.29) is 60.6 Å². The maximum Gasteiger partial charge on any atom is 0.224 e. The normalized spacial score (nSPS) is 31.2. The molecule has 0 aromatic rings. The Balaban J connectivity index is 1.65. The van der Waals surface area contributed by atoms with Crippen LogP contribution in [-0.4, -0.2) is 47.8 Å². The molecule has 4 saturated carbocycles. The van der Waals surface area contributed by atoms with E-state index in [9.17, 15) is 19.2 Å². The van der Waals surface area contributed by atoms with E-state index in [2.05, 4.69) is 76.7 Å². The van der Waals surface area contributed by atoms with Crippen molar-refractivity contribution in [2.24, 2.45) is 59.2 Å². The molecule has 10 unspecified atom stereocenters. The van der Waals surface area contributed by atoms with Crippen LogP contribution in [0.5, 0.6) is 0 Å². The topological polar surface area (TPSA) is 116 Å². The highest BCUT2D eigenvalue weighted by atomic mass is 16.2. The summed E-state index contributed by atoms with van der Waals surface area (Å²) in [6.45, 7) is 17.8. The minimum Gasteiger partial charge on any atom is -0.353 e. The summed E-state index contributed by atoms with van der Waals surface area (Å²) in [5, 5.41) is 13.5. The van der Waals surface area contributed by atoms with Gasteiger partial charge in [0.25, 0.3) is 0 Å². The lowest BCUT2D eigenvalue weighted by atomic mass is 9.76. The summed E-state index contributed by atoms with van der Waals surface area (Å²) in [5.41, 5.74) is 0. The molecule has 0 aromatic carbocycles. The van der Waals surface area contributed by atoms with Crippen molar-refractivity contribution in [3.05, 3.63) is 0 Å². The number of amides is 4. The molecular weight excluding hydrogens is 649 g/mol. The van der Waals surface area contributed by atoms with E-state index in [0.717, 1.165) is 89.9 Å². The van der Waals surface area contributed by atoms with E-state index < -0.39 is 11.8 Å². The van der Waals surface area contributed by atoms with Gasteiger partial charge in [0.2, 0.25) is 23.6 Å². The van der Waals surface area contributed by atoms with Crippen molar-refractivity contribution < 1.29 is 19.2 Å². The lowest BCUT2D eigenvalue weighted by Crippen LogP contribution is -2.54. The first kappa shape index (κ1) is 42.6. The number of hydrogen-bond acceptors (Lipinski definition) is 4. The highest BCUT2D eigenvalue weighted by Gasteiger charge is 2.42. The van der Waals surface area contributed by atoms with Gasteiger partial charge >= 0.3 is 0 Å². The van der Waals surface area contributed by atoms with Crippen molar-refractivity contribution in [2.45, 2.75) is 195 Å². The van der Waals surface area contributed by atoms with Crippen molar-refractivity contribution in [3.63, 3.8) is 0 Å². The number of hydrogen-bond donors (Lipinski definition) is 4. The van der Waals surface area contributed by atoms with Gasteiger partial charge in [-0.1, -0.05) is 107 Å². The molecule has 4 aliphatic carbocycles. The zero-order chi connectivity index (χ0) is 37.9. The first-order valence-corrected chi connectivity index (χ1v) is 22.0. The van der Waals surface area contributed by atoms with Crippen LogP contribution < -0.4 is 21.3 Å². The van der Waals surface area contributed by atoms with Crippen molar-refractivity contribution in [2.75, 3.05) is 0 Å². The summed E-state index contributed by atoms with van der Waals surface area (Å²) in [6, 6.07) is 0.145. The molecule has 4 amide bonds. The average molecular weight is 727 g/mol. The summed E-state index contributed by atoms with van der Waals surface area (Å²) in [4.78, 5) is 57.6. The van der Waals surface area contributed by atoms with E-state index >= 15 is 0 Å². The second-order valence-electron chi connectivity index (χ2n) is 19.0. The molecule has 0 bridgehead atoms. The minimum absolute atomic E-state index is 0.00530. The van der Waals surface area contributed by atoms with Crippen molar-refractivity contribution in [1.82, 2.24) is 21.3 Å². The quantitative estimate of drug-likeness (QED) is 0.136. The van der Waals surface area contributed by atoms with Gasteiger partial charge in [-0.2, -0.15) is 0 Å². The fourth-order valence-electron chi connectivity index (χ4n) is 10.9. The minimum atomic E-state index is -0.935. The van der Waals surface area contributed by atoms with Gasteiger partial charge in [-0.3, -0.25) is 19.2 Å². The highest BCUT2D eigenvalue weighted by Crippen LogP contribution is 2.35. The molecule has 0 heterocycles. The maximum absolute atomic E-state index is 14.7. The molecule has 0 radical (unpaired) electrons. The second-order valence-corrected chi connectivity index (χ2v) is 19.0. The Bertz CT molecular complexity index is 1070. The zero-order valence-electron chi connectivity index (χ0n) is 34.4. The Morgan fingerprint density at radius 2 is 0.615 bits per heavy atom. The summed E-state index contributed by atoms with van der Waals surface area (Å²) < 4.78 is 0. The Kier molecular flexibility index (Phi) is 16.8. The SMILES string of the molecule is CC(C)C1CCCCC1NC(=O)CC(C(=O)NC1CCCCC1C(C)C)C(CC(=O)NC1CCCCC1C(C)C)C(=O)NC1CCCCC1C(C)C. The number of carbonyl (C=O) groups is 4. The van der Waals surface area contributed by atoms with Crippen LogP contribution in [0.15, 0.2) is 0 Å². The molecule has 8 heteroatoms. The van der Waals surface area contributed by atoms with Gasteiger partial charge in [0, 0.05) is 37.0 Å². The van der Waals surface area contributed by atoms with Crippen LogP contribution in [0.4, 0.5) is 0 Å². The molecule has 0 saturated heterocycles. The van der Waals surface area contributed by atoms with Gasteiger partial charge in [-0.15, -0.1) is 0 Å². The molecule has 4 fully saturated rings. The first-order valence-electron chi connectivity index (χ1n) is 22.0. The Morgan fingerprint density at radius 1 is 0.385 bits per heavy atom. The third kappa shape index (κ3) is 11.9. The molecule has 4 rings (SSSR count). The standard InChI is InChI=1S/C44H78N4O4/c1-27(2)31-17-9-13-21-37(31)45-41(49)25-35(43(51)47-39-23-15-11-19-33(39)29(5)6)36(44(52)48-40-24-16-12-20-34(40)30(7)8)26-42(50)46-38-22-14-10-18-32(38)28(3)4/h27-40H,9-26H2,1-8H3,(H,45,49)(H,46,50)(H,47,51)(H,48,52). The monoisotopic (exact) mass is 727 g/mol. The molecular formula is C44H78N4O4. The molecule has 8 nitrogen and oxygen atoms in total. The van der Waals surface area contributed by atoms with Gasteiger partial charge in [0.1, 0.15) is 0 Å². The van der Waals surface area contributed by atoms with E-state index in [1.54, 1.807) is 0 Å². The van der Waals surface area contributed by atoms with E-state index in [4.69, 9.17) is 0 Å². The maximum atomic E-state index is 14.7. The fraction of sp³-hybridized carbons (Fsp3) is 0.909. The van der Waals surface area contributed by atoms with E-state index in [1.165, 1.54) is 12.8 Å². The second kappa shape index (κ2) is 20.5. The molecule has 10 atom stereocenters. The van der Waals surface area contributed by atoms with E-state index in [0.29, 0.717) is 47.3 Å². The number of nitrogens with one attached hydrogen (secondary N) is 4. The summed E-state index contributed by atoms with van der Waals surface area (Å²) >= 11 is 0. The van der Waals surface area contributed by atoms with Crippen LogP contribution in [0.1, 0.15) is 171 Å². The molecule has 4 aliphatic rings. The zero-order valence-corrected chi connectivity index (χ0v) is 34.4. The Morgan fingerprint density at radius 3 is 0.865 bits per heavy atom. The lowest BCUT2D eigenvalue weighted by Gasteiger charge is -2.39. The predicted molar refractivity (Wildman–Crippen MR) is 211 cm³/mol. The Labute approximate surface area is 317 Å². The van der Waals surface area contributed by atoms with Crippen molar-refractivity contribution >= 4 is 23.6 Å². The van der Waals surface area contributed by atoms with Crippen molar-refractivity contribution in [3.8, 4) is 0 Å². The van der Waals surface area contributed by atoms with Gasteiger partial charge in [0.15, 0.2) is 0 Å². The molecule has 52 heavy (non-hydrogen) atoms. The largest absolute Gasteiger partial charge is 0.353 e. The average Bonchev–Trinajstić information content (AvgIpc) is 3.10. The third-order valence-electron chi connectivity index (χ3n) is 14.0. The smallest absolute Gasteiger partial charge is 0.224 e. The number of rotatable bonds is 15. The molecule has 0 aromatic heterocycles. The highest BCUT2D eigenvalue weighted by molar-refractivity contribution is 5.94. The summed E-state index contributed by atoms with van der Waals surface area (Å²) in [5.74, 6) is 0.517. The van der Waals surface area contributed by atoms with Gasteiger partial charge in [-0.25, -0.2) is 0 Å². The summed E-state index contributed by atoms with van der Waals surface area (Å²) in [7, 11) is 0. The molecule has 0 aliphatic heterocycles. The Hall–Kier alpha value is -2.12. The molecule has 298 valence electrons. The molecule has 4 N–H and O–H groups in total.